The Morgan fingerprint density at radius 2 is 1.30 bits per heavy atom. The zero-order chi connectivity index (χ0) is 14.8. The van der Waals surface area contributed by atoms with Crippen molar-refractivity contribution >= 4 is 5.57 Å². The van der Waals surface area contributed by atoms with Gasteiger partial charge in [-0.3, -0.25) is 0 Å². The van der Waals surface area contributed by atoms with Gasteiger partial charge in [-0.15, -0.1) is 0 Å². The number of rotatable bonds is 4. The zero-order valence-corrected chi connectivity index (χ0v) is 13.0. The minimum absolute atomic E-state index is 1.11. The second-order valence-corrected chi connectivity index (χ2v) is 5.08. The molecule has 0 aliphatic carbocycles. The Kier molecular flexibility index (Phi) is 7.42. The zero-order valence-electron chi connectivity index (χ0n) is 13.0. The fraction of sp³-hybridized carbons (Fsp3) is 0.300. The third-order valence-corrected chi connectivity index (χ3v) is 3.19. The van der Waals surface area contributed by atoms with E-state index in [1.165, 1.54) is 36.0 Å². The summed E-state index contributed by atoms with van der Waals surface area (Å²) in [6, 6.07) is 18.9. The number of hydrogen-bond acceptors (Lipinski definition) is 0. The summed E-state index contributed by atoms with van der Waals surface area (Å²) in [6.07, 6.45) is 4.08. The molecule has 0 N–H and O–H groups in total. The average Bonchev–Trinajstić information content (AvgIpc) is 2.50. The van der Waals surface area contributed by atoms with Crippen molar-refractivity contribution in [3.05, 3.63) is 66.7 Å². The van der Waals surface area contributed by atoms with E-state index in [2.05, 4.69) is 69.0 Å². The fourth-order valence-electron chi connectivity index (χ4n) is 1.93. The Bertz CT molecular complexity index is 489. The lowest BCUT2D eigenvalue weighted by Crippen LogP contribution is -1.80. The molecule has 106 valence electrons. The molecule has 0 heteroatoms. The highest BCUT2D eigenvalue weighted by atomic mass is 14.0. The van der Waals surface area contributed by atoms with Gasteiger partial charge in [0.25, 0.3) is 0 Å². The minimum Gasteiger partial charge on any atom is -0.0955 e. The number of hydrogen-bond donors (Lipinski definition) is 0. The van der Waals surface area contributed by atoms with E-state index in [0.29, 0.717) is 0 Å². The number of allylic oxidation sites excluding steroid dienone is 1. The molecule has 0 radical (unpaired) electrons. The maximum atomic E-state index is 3.93. The molecule has 2 aromatic carbocycles. The number of unbranched alkanes of at least 4 members (excludes halogenated alkanes) is 2. The molecule has 20 heavy (non-hydrogen) atoms. The SMILES string of the molecule is C=C(C)c1ccc(-c2ccccc2)cc1.CCCCC. The van der Waals surface area contributed by atoms with E-state index in [9.17, 15) is 0 Å². The van der Waals surface area contributed by atoms with Crippen molar-refractivity contribution in [3.63, 3.8) is 0 Å². The van der Waals surface area contributed by atoms with E-state index >= 15 is 0 Å². The van der Waals surface area contributed by atoms with Crippen LogP contribution in [0, 0.1) is 0 Å². The van der Waals surface area contributed by atoms with E-state index in [4.69, 9.17) is 0 Å². The van der Waals surface area contributed by atoms with Crippen molar-refractivity contribution in [3.8, 4) is 11.1 Å². The third-order valence-electron chi connectivity index (χ3n) is 3.19. The van der Waals surface area contributed by atoms with Crippen LogP contribution in [0.3, 0.4) is 0 Å². The molecule has 0 aliphatic rings. The first-order chi connectivity index (χ1) is 9.69. The van der Waals surface area contributed by atoms with Crippen LogP contribution in [0.5, 0.6) is 0 Å². The van der Waals surface area contributed by atoms with Crippen LogP contribution in [0.1, 0.15) is 45.6 Å². The van der Waals surface area contributed by atoms with Gasteiger partial charge in [0, 0.05) is 0 Å². The van der Waals surface area contributed by atoms with Crippen molar-refractivity contribution in [1.82, 2.24) is 0 Å². The van der Waals surface area contributed by atoms with E-state index < -0.39 is 0 Å². The van der Waals surface area contributed by atoms with Crippen LogP contribution >= 0.6 is 0 Å². The molecule has 2 rings (SSSR count). The van der Waals surface area contributed by atoms with Crippen LogP contribution in [0.25, 0.3) is 16.7 Å². The molecule has 0 aromatic heterocycles. The monoisotopic (exact) mass is 266 g/mol. The van der Waals surface area contributed by atoms with Crippen LogP contribution in [0.2, 0.25) is 0 Å². The Balaban J connectivity index is 0.000000347. The molecule has 0 unspecified atom stereocenters. The van der Waals surface area contributed by atoms with Gasteiger partial charge in [-0.1, -0.05) is 99.9 Å². The first-order valence-electron chi connectivity index (χ1n) is 7.50. The summed E-state index contributed by atoms with van der Waals surface area (Å²) in [5.41, 5.74) is 4.82. The Hall–Kier alpha value is -1.82. The summed E-state index contributed by atoms with van der Waals surface area (Å²) in [4.78, 5) is 0. The standard InChI is InChI=1S/C15H14.C5H12/c1-12(2)13-8-10-15(11-9-13)14-6-4-3-5-7-14;1-3-5-4-2/h3-11H,1H2,2H3;3-5H2,1-2H3. The highest BCUT2D eigenvalue weighted by molar-refractivity contribution is 5.68. The maximum Gasteiger partial charge on any atom is -0.0184 e. The molecule has 0 nitrogen and oxygen atoms in total. The quantitative estimate of drug-likeness (QED) is 0.586. The van der Waals surface area contributed by atoms with Crippen molar-refractivity contribution in [2.75, 3.05) is 0 Å². The predicted molar refractivity (Wildman–Crippen MR) is 91.8 cm³/mol. The van der Waals surface area contributed by atoms with Gasteiger partial charge >= 0.3 is 0 Å². The molecule has 0 bridgehead atoms. The van der Waals surface area contributed by atoms with E-state index in [-0.39, 0.29) is 0 Å². The van der Waals surface area contributed by atoms with Gasteiger partial charge < -0.3 is 0 Å². The predicted octanol–water partition coefficient (Wildman–Crippen LogP) is 6.58. The van der Waals surface area contributed by atoms with Crippen molar-refractivity contribution in [2.45, 2.75) is 40.0 Å². The summed E-state index contributed by atoms with van der Waals surface area (Å²) in [7, 11) is 0. The molecule has 0 amide bonds. The van der Waals surface area contributed by atoms with Gasteiger partial charge in [-0.25, -0.2) is 0 Å². The second kappa shape index (κ2) is 9.14. The molecule has 0 fully saturated rings. The lowest BCUT2D eigenvalue weighted by molar-refractivity contribution is 0.772. The maximum absolute atomic E-state index is 3.93. The highest BCUT2D eigenvalue weighted by Gasteiger charge is 1.97. The Morgan fingerprint density at radius 3 is 1.70 bits per heavy atom. The summed E-state index contributed by atoms with van der Waals surface area (Å²) < 4.78 is 0. The van der Waals surface area contributed by atoms with Gasteiger partial charge in [0.1, 0.15) is 0 Å². The topological polar surface area (TPSA) is 0 Å². The van der Waals surface area contributed by atoms with Crippen LogP contribution in [-0.4, -0.2) is 0 Å². The summed E-state index contributed by atoms with van der Waals surface area (Å²) >= 11 is 0. The van der Waals surface area contributed by atoms with Crippen molar-refractivity contribution in [1.29, 1.82) is 0 Å². The van der Waals surface area contributed by atoms with Crippen LogP contribution < -0.4 is 0 Å². The fourth-order valence-corrected chi connectivity index (χ4v) is 1.93. The average molecular weight is 266 g/mol. The Labute approximate surface area is 124 Å². The highest BCUT2D eigenvalue weighted by Crippen LogP contribution is 2.21. The van der Waals surface area contributed by atoms with Gasteiger partial charge in [-0.05, 0) is 23.6 Å². The third kappa shape index (κ3) is 5.44. The van der Waals surface area contributed by atoms with E-state index in [1.54, 1.807) is 0 Å². The minimum atomic E-state index is 1.11. The largest absolute Gasteiger partial charge is 0.0955 e. The molecule has 0 spiro atoms. The smallest absolute Gasteiger partial charge is 0.0184 e. The molecule has 0 heterocycles. The first kappa shape index (κ1) is 16.2. The molecule has 0 aliphatic heterocycles. The lowest BCUT2D eigenvalue weighted by Gasteiger charge is -2.03. The second-order valence-electron chi connectivity index (χ2n) is 5.08. The molecule has 2 aromatic rings. The first-order valence-corrected chi connectivity index (χ1v) is 7.50. The van der Waals surface area contributed by atoms with Crippen LogP contribution in [0.15, 0.2) is 61.2 Å². The molecular weight excluding hydrogens is 240 g/mol. The summed E-state index contributed by atoms with van der Waals surface area (Å²) in [5, 5.41) is 0. The van der Waals surface area contributed by atoms with Crippen molar-refractivity contribution < 1.29 is 0 Å². The van der Waals surface area contributed by atoms with Crippen LogP contribution in [0.4, 0.5) is 0 Å². The van der Waals surface area contributed by atoms with Crippen molar-refractivity contribution in [2.24, 2.45) is 0 Å². The summed E-state index contributed by atoms with van der Waals surface area (Å²) in [6.45, 7) is 10.4. The lowest BCUT2D eigenvalue weighted by atomic mass is 10.0. The molecular formula is C20H26. The summed E-state index contributed by atoms with van der Waals surface area (Å²) in [5.74, 6) is 0. The molecule has 0 saturated carbocycles. The van der Waals surface area contributed by atoms with Crippen LogP contribution in [-0.2, 0) is 0 Å². The van der Waals surface area contributed by atoms with Gasteiger partial charge in [-0.2, -0.15) is 0 Å². The van der Waals surface area contributed by atoms with Gasteiger partial charge in [0.2, 0.25) is 0 Å². The van der Waals surface area contributed by atoms with E-state index in [1.807, 2.05) is 13.0 Å². The van der Waals surface area contributed by atoms with Gasteiger partial charge in [0.05, 0.1) is 0 Å². The number of benzene rings is 2. The van der Waals surface area contributed by atoms with Gasteiger partial charge in [0.15, 0.2) is 0 Å². The normalized spacial score (nSPS) is 9.55. The van der Waals surface area contributed by atoms with E-state index in [0.717, 1.165) is 5.57 Å². The Morgan fingerprint density at radius 1 is 0.800 bits per heavy atom. The molecule has 0 atom stereocenters. The molecule has 0 saturated heterocycles.